The molecule has 58 valence electrons. The summed E-state index contributed by atoms with van der Waals surface area (Å²) in [5.74, 6) is -1.55. The highest BCUT2D eigenvalue weighted by Crippen LogP contribution is 2.11. The number of alkyl halides is 2. The quantitative estimate of drug-likeness (QED) is 0.542. The molecule has 0 radical (unpaired) electrons. The Morgan fingerprint density at radius 3 is 2.40 bits per heavy atom. The number of terminal acetylenes is 1. The molecule has 0 saturated heterocycles. The second-order valence-corrected chi connectivity index (χ2v) is 2.18. The second-order valence-electron chi connectivity index (χ2n) is 2.18. The molecule has 0 aliphatic rings. The first-order valence-electron chi connectivity index (χ1n) is 3.06. The molecule has 0 heterocycles. The highest BCUT2D eigenvalue weighted by molar-refractivity contribution is 5.01. The zero-order valence-electron chi connectivity index (χ0n) is 6.19. The van der Waals surface area contributed by atoms with Crippen LogP contribution in [0.5, 0.6) is 0 Å². The van der Waals surface area contributed by atoms with Crippen molar-refractivity contribution >= 4 is 0 Å². The van der Waals surface area contributed by atoms with E-state index in [4.69, 9.17) is 0 Å². The highest BCUT2D eigenvalue weighted by atomic mass is 19.3. The van der Waals surface area contributed by atoms with Crippen LogP contribution < -0.4 is 0 Å². The average molecular weight is 147 g/mol. The van der Waals surface area contributed by atoms with Gasteiger partial charge in [0.15, 0.2) is 0 Å². The van der Waals surface area contributed by atoms with Crippen molar-refractivity contribution in [1.82, 2.24) is 4.90 Å². The first-order chi connectivity index (χ1) is 4.52. The van der Waals surface area contributed by atoms with Crippen LogP contribution in [-0.2, 0) is 0 Å². The number of rotatable bonds is 3. The Morgan fingerprint density at radius 1 is 1.60 bits per heavy atom. The van der Waals surface area contributed by atoms with Crippen molar-refractivity contribution in [1.29, 1.82) is 0 Å². The summed E-state index contributed by atoms with van der Waals surface area (Å²) in [4.78, 5) is 1.47. The largest absolute Gasteiger partial charge is 0.320 e. The molecule has 0 amide bonds. The maximum atomic E-state index is 12.3. The predicted molar refractivity (Wildman–Crippen MR) is 37.0 cm³/mol. The molecule has 0 aliphatic carbocycles. The molecule has 0 N–H and O–H groups in total. The average Bonchev–Trinajstić information content (AvgIpc) is 1.87. The van der Waals surface area contributed by atoms with Gasteiger partial charge in [-0.15, -0.1) is 6.42 Å². The van der Waals surface area contributed by atoms with Crippen LogP contribution in [-0.4, -0.2) is 31.0 Å². The van der Waals surface area contributed by atoms with Crippen molar-refractivity contribution in [3.05, 3.63) is 0 Å². The molecule has 0 aromatic heterocycles. The normalized spacial score (nSPS) is 11.6. The first kappa shape index (κ1) is 9.38. The van der Waals surface area contributed by atoms with Crippen LogP contribution in [0.1, 0.15) is 6.92 Å². The molecular formula is C7H11F2N. The molecule has 0 spiro atoms. The van der Waals surface area contributed by atoms with E-state index in [1.54, 1.807) is 14.0 Å². The van der Waals surface area contributed by atoms with Crippen molar-refractivity contribution in [3.8, 4) is 12.3 Å². The fourth-order valence-corrected chi connectivity index (χ4v) is 0.496. The van der Waals surface area contributed by atoms with Crippen LogP contribution in [0.15, 0.2) is 0 Å². The third-order valence-electron chi connectivity index (χ3n) is 1.22. The first-order valence-corrected chi connectivity index (χ1v) is 3.06. The zero-order valence-corrected chi connectivity index (χ0v) is 6.19. The Bertz CT molecular complexity index is 137. The van der Waals surface area contributed by atoms with E-state index in [1.807, 2.05) is 0 Å². The Hall–Kier alpha value is -0.620. The van der Waals surface area contributed by atoms with E-state index in [0.29, 0.717) is 6.54 Å². The maximum Gasteiger partial charge on any atom is 0.320 e. The summed E-state index contributed by atoms with van der Waals surface area (Å²) in [6.07, 6.45) is 4.58. The summed E-state index contributed by atoms with van der Waals surface area (Å²) >= 11 is 0. The Kier molecular flexibility index (Phi) is 3.31. The monoisotopic (exact) mass is 147 g/mol. The Labute approximate surface area is 60.0 Å². The van der Waals surface area contributed by atoms with Crippen molar-refractivity contribution in [2.45, 2.75) is 12.8 Å². The molecule has 0 atom stereocenters. The minimum Gasteiger partial charge on any atom is -0.300 e. The van der Waals surface area contributed by atoms with Gasteiger partial charge in [-0.05, 0) is 19.5 Å². The van der Waals surface area contributed by atoms with Crippen LogP contribution in [0, 0.1) is 12.3 Å². The van der Waals surface area contributed by atoms with Crippen LogP contribution in [0.25, 0.3) is 0 Å². The lowest BCUT2D eigenvalue weighted by molar-refractivity contribution is 0.0325. The molecule has 0 saturated carbocycles. The lowest BCUT2D eigenvalue weighted by atomic mass is 10.3. The van der Waals surface area contributed by atoms with Crippen molar-refractivity contribution < 1.29 is 8.78 Å². The van der Waals surface area contributed by atoms with Gasteiger partial charge in [-0.25, -0.2) is 0 Å². The molecule has 0 unspecified atom stereocenters. The molecular weight excluding hydrogens is 136 g/mol. The number of hydrogen-bond donors (Lipinski definition) is 0. The third-order valence-corrected chi connectivity index (χ3v) is 1.22. The fraction of sp³-hybridized carbons (Fsp3) is 0.714. The molecule has 0 aliphatic heterocycles. The SMILES string of the molecule is C#CC(F)(F)CN(C)CC. The smallest absolute Gasteiger partial charge is 0.300 e. The maximum absolute atomic E-state index is 12.3. The van der Waals surface area contributed by atoms with Gasteiger partial charge < -0.3 is 0 Å². The summed E-state index contributed by atoms with van der Waals surface area (Å²) in [5, 5.41) is 0. The van der Waals surface area contributed by atoms with Crippen LogP contribution in [0.3, 0.4) is 0 Å². The second kappa shape index (κ2) is 3.52. The molecule has 0 fully saturated rings. The summed E-state index contributed by atoms with van der Waals surface area (Å²) in [5.41, 5.74) is 0. The molecule has 3 heteroatoms. The minimum atomic E-state index is -2.98. The van der Waals surface area contributed by atoms with Gasteiger partial charge >= 0.3 is 5.92 Å². The van der Waals surface area contributed by atoms with E-state index < -0.39 is 5.92 Å². The number of halogens is 2. The summed E-state index contributed by atoms with van der Waals surface area (Å²) < 4.78 is 24.6. The zero-order chi connectivity index (χ0) is 8.20. The molecule has 0 aromatic carbocycles. The highest BCUT2D eigenvalue weighted by Gasteiger charge is 2.26. The topological polar surface area (TPSA) is 3.24 Å². The molecule has 0 bridgehead atoms. The molecule has 0 aromatic rings. The molecule has 10 heavy (non-hydrogen) atoms. The van der Waals surface area contributed by atoms with E-state index in [1.165, 1.54) is 10.8 Å². The van der Waals surface area contributed by atoms with Gasteiger partial charge in [0, 0.05) is 0 Å². The van der Waals surface area contributed by atoms with Gasteiger partial charge in [0.2, 0.25) is 0 Å². The van der Waals surface area contributed by atoms with Crippen LogP contribution in [0.2, 0.25) is 0 Å². The van der Waals surface area contributed by atoms with Gasteiger partial charge in [-0.2, -0.15) is 8.78 Å². The number of nitrogens with zero attached hydrogens (tertiary/aromatic N) is 1. The lowest BCUT2D eigenvalue weighted by Gasteiger charge is -2.17. The van der Waals surface area contributed by atoms with E-state index in [9.17, 15) is 8.78 Å². The van der Waals surface area contributed by atoms with E-state index in [2.05, 4.69) is 6.42 Å². The van der Waals surface area contributed by atoms with Gasteiger partial charge in [0.1, 0.15) is 0 Å². The van der Waals surface area contributed by atoms with Gasteiger partial charge in [0.25, 0.3) is 0 Å². The van der Waals surface area contributed by atoms with Crippen molar-refractivity contribution in [2.75, 3.05) is 20.1 Å². The lowest BCUT2D eigenvalue weighted by Crippen LogP contribution is -2.32. The van der Waals surface area contributed by atoms with E-state index >= 15 is 0 Å². The van der Waals surface area contributed by atoms with E-state index in [-0.39, 0.29) is 6.54 Å². The van der Waals surface area contributed by atoms with E-state index in [0.717, 1.165) is 0 Å². The molecule has 0 rings (SSSR count). The standard InChI is InChI=1S/C7H11F2N/c1-4-7(8,9)6-10(3)5-2/h1H,5-6H2,2-3H3. The Morgan fingerprint density at radius 2 is 2.10 bits per heavy atom. The van der Waals surface area contributed by atoms with Gasteiger partial charge in [0.05, 0.1) is 6.54 Å². The van der Waals surface area contributed by atoms with Gasteiger partial charge in [-0.3, -0.25) is 4.90 Å². The Balaban J connectivity index is 3.79. The summed E-state index contributed by atoms with van der Waals surface area (Å²) in [7, 11) is 1.60. The third kappa shape index (κ3) is 3.41. The summed E-state index contributed by atoms with van der Waals surface area (Å²) in [6.45, 7) is 2.02. The minimum absolute atomic E-state index is 0.361. The fourth-order valence-electron chi connectivity index (χ4n) is 0.496. The van der Waals surface area contributed by atoms with Crippen LogP contribution >= 0.6 is 0 Å². The summed E-state index contributed by atoms with van der Waals surface area (Å²) in [6, 6.07) is 0. The van der Waals surface area contributed by atoms with Crippen molar-refractivity contribution in [3.63, 3.8) is 0 Å². The number of hydrogen-bond acceptors (Lipinski definition) is 1. The molecule has 1 nitrogen and oxygen atoms in total. The predicted octanol–water partition coefficient (Wildman–Crippen LogP) is 1.21. The van der Waals surface area contributed by atoms with Crippen molar-refractivity contribution in [2.24, 2.45) is 0 Å². The van der Waals surface area contributed by atoms with Gasteiger partial charge in [-0.1, -0.05) is 6.92 Å². The van der Waals surface area contributed by atoms with Crippen LogP contribution in [0.4, 0.5) is 8.78 Å².